The van der Waals surface area contributed by atoms with Crippen LogP contribution in [0.2, 0.25) is 0 Å². The summed E-state index contributed by atoms with van der Waals surface area (Å²) < 4.78 is 0. The Morgan fingerprint density at radius 1 is 0.926 bits per heavy atom. The summed E-state index contributed by atoms with van der Waals surface area (Å²) in [5, 5.41) is 29.4. The van der Waals surface area contributed by atoms with Gasteiger partial charge in [-0.15, -0.1) is 0 Å². The van der Waals surface area contributed by atoms with Crippen LogP contribution in [0.1, 0.15) is 0 Å². The highest BCUT2D eigenvalue weighted by Gasteiger charge is 2.27. The standard InChI is InChI=1S/C17H29N9O/c18-1-5-22-6-10-24(12-11-23(7-2-19)8-3-20)13-14-26-16-15-25(9-4-21)17(26)27/h22H,4-16,21H2. The quantitative estimate of drug-likeness (QED) is 0.275. The maximum atomic E-state index is 12.3. The van der Waals surface area contributed by atoms with Gasteiger partial charge in [-0.2, -0.15) is 15.8 Å². The summed E-state index contributed by atoms with van der Waals surface area (Å²) in [6.07, 6.45) is 0. The number of carbonyl (C=O) groups is 1. The molecule has 0 unspecified atom stereocenters. The topological polar surface area (TPSA) is 139 Å². The molecule has 1 aliphatic rings. The third-order valence-corrected chi connectivity index (χ3v) is 4.40. The molecule has 0 spiro atoms. The van der Waals surface area contributed by atoms with E-state index >= 15 is 0 Å². The Balaban J connectivity index is 2.50. The van der Waals surface area contributed by atoms with Crippen LogP contribution in [-0.2, 0) is 0 Å². The van der Waals surface area contributed by atoms with E-state index in [1.54, 1.807) is 9.80 Å². The van der Waals surface area contributed by atoms with Gasteiger partial charge in [-0.1, -0.05) is 0 Å². The van der Waals surface area contributed by atoms with Crippen LogP contribution in [0.15, 0.2) is 0 Å². The van der Waals surface area contributed by atoms with Crippen molar-refractivity contribution in [2.75, 3.05) is 85.1 Å². The molecule has 0 aliphatic carbocycles. The second-order valence-corrected chi connectivity index (χ2v) is 6.25. The summed E-state index contributed by atoms with van der Waals surface area (Å²) in [6, 6.07) is 6.22. The Labute approximate surface area is 161 Å². The number of amides is 2. The molecule has 0 aromatic carbocycles. The molecule has 2 amide bonds. The first-order chi connectivity index (χ1) is 13.2. The Kier molecular flexibility index (Phi) is 11.5. The van der Waals surface area contributed by atoms with Gasteiger partial charge in [0, 0.05) is 65.4 Å². The summed E-state index contributed by atoms with van der Waals surface area (Å²) in [6.45, 7) is 7.17. The van der Waals surface area contributed by atoms with E-state index in [2.05, 4.69) is 22.4 Å². The summed E-state index contributed by atoms with van der Waals surface area (Å²) >= 11 is 0. The number of hydrogen-bond acceptors (Lipinski definition) is 8. The molecule has 0 radical (unpaired) electrons. The number of hydrogen-bond donors (Lipinski definition) is 2. The molecule has 1 aliphatic heterocycles. The first-order valence-electron chi connectivity index (χ1n) is 9.16. The molecule has 1 fully saturated rings. The number of nitrogens with zero attached hydrogens (tertiary/aromatic N) is 7. The number of nitrogens with two attached hydrogens (primary N) is 1. The zero-order valence-electron chi connectivity index (χ0n) is 15.8. The average molecular weight is 375 g/mol. The first-order valence-corrected chi connectivity index (χ1v) is 9.16. The van der Waals surface area contributed by atoms with Gasteiger partial charge in [0.15, 0.2) is 0 Å². The largest absolute Gasteiger partial charge is 0.329 e. The average Bonchev–Trinajstić information content (AvgIpc) is 3.01. The summed E-state index contributed by atoms with van der Waals surface area (Å²) in [5.41, 5.74) is 5.53. The highest BCUT2D eigenvalue weighted by Crippen LogP contribution is 2.07. The van der Waals surface area contributed by atoms with Crippen molar-refractivity contribution in [2.45, 2.75) is 0 Å². The van der Waals surface area contributed by atoms with Gasteiger partial charge in [-0.05, 0) is 0 Å². The molecule has 148 valence electrons. The molecule has 0 aromatic heterocycles. The van der Waals surface area contributed by atoms with Gasteiger partial charge in [0.05, 0.1) is 37.8 Å². The Hall–Kier alpha value is -2.42. The van der Waals surface area contributed by atoms with Crippen LogP contribution in [-0.4, -0.2) is 111 Å². The summed E-state index contributed by atoms with van der Waals surface area (Å²) in [7, 11) is 0. The van der Waals surface area contributed by atoms with Crippen molar-refractivity contribution in [3.63, 3.8) is 0 Å². The number of rotatable bonds is 14. The zero-order valence-corrected chi connectivity index (χ0v) is 15.8. The van der Waals surface area contributed by atoms with Crippen molar-refractivity contribution in [3.8, 4) is 18.2 Å². The molecule has 10 heteroatoms. The number of carbonyl (C=O) groups excluding carboxylic acids is 1. The molecular formula is C17H29N9O. The van der Waals surface area contributed by atoms with E-state index in [1.165, 1.54) is 0 Å². The van der Waals surface area contributed by atoms with E-state index < -0.39 is 0 Å². The first kappa shape index (κ1) is 22.6. The van der Waals surface area contributed by atoms with Gasteiger partial charge in [-0.3, -0.25) is 9.80 Å². The van der Waals surface area contributed by atoms with Gasteiger partial charge >= 0.3 is 6.03 Å². The van der Waals surface area contributed by atoms with Crippen molar-refractivity contribution >= 4 is 6.03 Å². The zero-order chi connectivity index (χ0) is 19.9. The van der Waals surface area contributed by atoms with Crippen LogP contribution in [0.3, 0.4) is 0 Å². The molecule has 0 atom stereocenters. The maximum absolute atomic E-state index is 12.3. The highest BCUT2D eigenvalue weighted by atomic mass is 16.2. The Morgan fingerprint density at radius 2 is 1.56 bits per heavy atom. The molecule has 0 aromatic rings. The third kappa shape index (κ3) is 8.67. The third-order valence-electron chi connectivity index (χ3n) is 4.40. The van der Waals surface area contributed by atoms with E-state index in [-0.39, 0.29) is 19.1 Å². The molecule has 0 bridgehead atoms. The minimum atomic E-state index is 0.0265. The van der Waals surface area contributed by atoms with Gasteiger partial charge in [-0.25, -0.2) is 4.79 Å². The van der Waals surface area contributed by atoms with E-state index in [1.807, 2.05) is 11.0 Å². The predicted molar refractivity (Wildman–Crippen MR) is 100 cm³/mol. The minimum Gasteiger partial charge on any atom is -0.329 e. The second kappa shape index (κ2) is 13.7. The molecule has 1 rings (SSSR count). The van der Waals surface area contributed by atoms with Gasteiger partial charge in [0.2, 0.25) is 0 Å². The van der Waals surface area contributed by atoms with Crippen LogP contribution in [0.5, 0.6) is 0 Å². The molecule has 1 heterocycles. The fourth-order valence-corrected chi connectivity index (χ4v) is 2.88. The van der Waals surface area contributed by atoms with Crippen LogP contribution in [0.25, 0.3) is 0 Å². The van der Waals surface area contributed by atoms with E-state index in [0.29, 0.717) is 65.4 Å². The smallest absolute Gasteiger partial charge is 0.320 e. The summed E-state index contributed by atoms with van der Waals surface area (Å²) in [4.78, 5) is 19.9. The van der Waals surface area contributed by atoms with Gasteiger partial charge < -0.3 is 20.9 Å². The highest BCUT2D eigenvalue weighted by molar-refractivity contribution is 5.76. The SMILES string of the molecule is N#CCNCCN(CCN(CC#N)CC#N)CCN1CCN(CCN)C1=O. The van der Waals surface area contributed by atoms with Crippen LogP contribution in [0.4, 0.5) is 4.79 Å². The maximum Gasteiger partial charge on any atom is 0.320 e. The number of urea groups is 1. The van der Waals surface area contributed by atoms with Crippen molar-refractivity contribution in [1.29, 1.82) is 15.8 Å². The predicted octanol–water partition coefficient (Wildman–Crippen LogP) is -1.55. The molecule has 3 N–H and O–H groups in total. The second-order valence-electron chi connectivity index (χ2n) is 6.25. The lowest BCUT2D eigenvalue weighted by Gasteiger charge is -2.27. The van der Waals surface area contributed by atoms with Crippen LogP contribution in [0, 0.1) is 34.0 Å². The van der Waals surface area contributed by atoms with E-state index in [4.69, 9.17) is 21.5 Å². The monoisotopic (exact) mass is 375 g/mol. The van der Waals surface area contributed by atoms with Crippen molar-refractivity contribution < 1.29 is 4.79 Å². The number of nitrogens with one attached hydrogen (secondary N) is 1. The lowest BCUT2D eigenvalue weighted by Crippen LogP contribution is -2.43. The minimum absolute atomic E-state index is 0.0265. The number of nitriles is 3. The fourth-order valence-electron chi connectivity index (χ4n) is 2.88. The normalized spacial score (nSPS) is 13.9. The Bertz CT molecular complexity index is 546. The van der Waals surface area contributed by atoms with Gasteiger partial charge in [0.1, 0.15) is 0 Å². The Morgan fingerprint density at radius 3 is 2.15 bits per heavy atom. The van der Waals surface area contributed by atoms with Crippen LogP contribution >= 0.6 is 0 Å². The molecule has 1 saturated heterocycles. The fraction of sp³-hybridized carbons (Fsp3) is 0.765. The summed E-state index contributed by atoms with van der Waals surface area (Å²) in [5.74, 6) is 0. The van der Waals surface area contributed by atoms with Crippen molar-refractivity contribution in [3.05, 3.63) is 0 Å². The van der Waals surface area contributed by atoms with Crippen molar-refractivity contribution in [1.82, 2.24) is 24.9 Å². The van der Waals surface area contributed by atoms with E-state index in [0.717, 1.165) is 6.54 Å². The lowest BCUT2D eigenvalue weighted by atomic mass is 10.3. The van der Waals surface area contributed by atoms with Crippen molar-refractivity contribution in [2.24, 2.45) is 5.73 Å². The van der Waals surface area contributed by atoms with Crippen LogP contribution < -0.4 is 11.1 Å². The molecule has 10 nitrogen and oxygen atoms in total. The molecular weight excluding hydrogens is 346 g/mol. The van der Waals surface area contributed by atoms with Gasteiger partial charge in [0.25, 0.3) is 0 Å². The molecule has 0 saturated carbocycles. The lowest BCUT2D eigenvalue weighted by molar-refractivity contribution is 0.177. The molecule has 27 heavy (non-hydrogen) atoms. The van der Waals surface area contributed by atoms with E-state index in [9.17, 15) is 4.79 Å².